The summed E-state index contributed by atoms with van der Waals surface area (Å²) in [6.07, 6.45) is 1.59. The van der Waals surface area contributed by atoms with Crippen molar-refractivity contribution < 1.29 is 18.3 Å². The van der Waals surface area contributed by atoms with Gasteiger partial charge in [-0.1, -0.05) is 0 Å². The second-order valence-corrected chi connectivity index (χ2v) is 9.60. The Labute approximate surface area is 230 Å². The number of carbonyl (C=O) groups excluding carboxylic acids is 1. The second kappa shape index (κ2) is 12.2. The second-order valence-electron chi connectivity index (χ2n) is 9.60. The predicted octanol–water partition coefficient (Wildman–Crippen LogP) is 1.14. The Balaban J connectivity index is 1.07. The Morgan fingerprint density at radius 2 is 2.02 bits per heavy atom. The molecule has 1 fully saturated rings. The molecule has 5 N–H and O–H groups in total. The molecule has 0 unspecified atom stereocenters. The van der Waals surface area contributed by atoms with E-state index in [1.165, 1.54) is 10.6 Å². The molecule has 1 aliphatic heterocycles. The van der Waals surface area contributed by atoms with Gasteiger partial charge in [0, 0.05) is 57.9 Å². The highest BCUT2D eigenvalue weighted by atomic mass is 19.1. The van der Waals surface area contributed by atoms with Crippen molar-refractivity contribution in [1.82, 2.24) is 29.4 Å². The first-order chi connectivity index (χ1) is 19.4. The fourth-order valence-corrected chi connectivity index (χ4v) is 4.57. The van der Waals surface area contributed by atoms with Gasteiger partial charge in [-0.25, -0.2) is 4.39 Å². The largest absolute Gasteiger partial charge is 0.492 e. The Hall–Kier alpha value is -4.43. The highest BCUT2D eigenvalue weighted by Crippen LogP contribution is 2.25. The molecule has 1 amide bonds. The van der Waals surface area contributed by atoms with Crippen molar-refractivity contribution in [3.63, 3.8) is 0 Å². The molecule has 14 heteroatoms. The van der Waals surface area contributed by atoms with Crippen LogP contribution in [0, 0.1) is 5.82 Å². The van der Waals surface area contributed by atoms with E-state index in [1.807, 2.05) is 11.0 Å². The number of hydrogen-bond acceptors (Lipinski definition) is 11. The number of nitrogens with one attached hydrogen (secondary N) is 1. The van der Waals surface area contributed by atoms with E-state index in [9.17, 15) is 9.18 Å². The van der Waals surface area contributed by atoms with Crippen LogP contribution >= 0.6 is 0 Å². The maximum absolute atomic E-state index is 14.9. The Morgan fingerprint density at radius 1 is 1.20 bits per heavy atom. The fraction of sp³-hybridized carbons (Fsp3) is 0.385. The monoisotopic (exact) mass is 552 g/mol. The summed E-state index contributed by atoms with van der Waals surface area (Å²) in [5.41, 5.74) is 13.0. The number of anilines is 3. The highest BCUT2D eigenvalue weighted by molar-refractivity contribution is 5.75. The summed E-state index contributed by atoms with van der Waals surface area (Å²) in [7, 11) is 1.77. The van der Waals surface area contributed by atoms with Crippen LogP contribution in [0.2, 0.25) is 0 Å². The molecule has 0 atom stereocenters. The van der Waals surface area contributed by atoms with Crippen LogP contribution in [0.25, 0.3) is 17.1 Å². The number of ether oxygens (including phenoxy) is 1. The maximum Gasteiger partial charge on any atom is 0.231 e. The summed E-state index contributed by atoms with van der Waals surface area (Å²) in [5, 5.41) is 7.64. The minimum Gasteiger partial charge on any atom is -0.492 e. The molecule has 5 rings (SSSR count). The number of likely N-dealkylation sites (N-methyl/N-ethyl adjacent to an activating group) is 1. The maximum atomic E-state index is 14.9. The number of aromatic nitrogens is 4. The molecule has 212 valence electrons. The number of carbonyl (C=O) groups is 1. The number of nitrogens with two attached hydrogens (primary N) is 2. The zero-order valence-electron chi connectivity index (χ0n) is 22.3. The summed E-state index contributed by atoms with van der Waals surface area (Å²) >= 11 is 0. The molecule has 1 saturated heterocycles. The van der Waals surface area contributed by atoms with Gasteiger partial charge in [-0.05, 0) is 31.3 Å². The molecular weight excluding hydrogens is 519 g/mol. The Kier molecular flexibility index (Phi) is 8.26. The lowest BCUT2D eigenvalue weighted by molar-refractivity contribution is -0.118. The molecule has 0 spiro atoms. The number of benzene rings is 1. The molecule has 1 aliphatic rings. The van der Waals surface area contributed by atoms with Crippen molar-refractivity contribution in [1.29, 1.82) is 0 Å². The highest BCUT2D eigenvalue weighted by Gasteiger charge is 2.20. The molecule has 1 aromatic carbocycles. The summed E-state index contributed by atoms with van der Waals surface area (Å²) in [6.45, 7) is 5.39. The molecule has 4 heterocycles. The van der Waals surface area contributed by atoms with Crippen molar-refractivity contribution >= 4 is 29.1 Å². The van der Waals surface area contributed by atoms with E-state index in [1.54, 1.807) is 42.5 Å². The van der Waals surface area contributed by atoms with Crippen molar-refractivity contribution in [2.24, 2.45) is 5.73 Å². The van der Waals surface area contributed by atoms with E-state index in [-0.39, 0.29) is 18.3 Å². The molecule has 0 saturated carbocycles. The topological polar surface area (TPSA) is 156 Å². The van der Waals surface area contributed by atoms with E-state index in [4.69, 9.17) is 20.6 Å². The normalized spacial score (nSPS) is 14.2. The van der Waals surface area contributed by atoms with Crippen LogP contribution in [0.5, 0.6) is 5.75 Å². The van der Waals surface area contributed by atoms with Crippen LogP contribution in [0.1, 0.15) is 0 Å². The molecule has 13 nitrogen and oxygen atoms in total. The molecule has 3 aromatic heterocycles. The number of piperazine rings is 1. The van der Waals surface area contributed by atoms with Crippen molar-refractivity contribution in [2.75, 3.05) is 82.0 Å². The molecule has 40 heavy (non-hydrogen) atoms. The number of rotatable bonds is 12. The van der Waals surface area contributed by atoms with Gasteiger partial charge in [-0.2, -0.15) is 19.6 Å². The lowest BCUT2D eigenvalue weighted by Gasteiger charge is -2.36. The number of nitrogen functional groups attached to an aromatic ring is 1. The number of primary amides is 1. The smallest absolute Gasteiger partial charge is 0.231 e. The van der Waals surface area contributed by atoms with Gasteiger partial charge in [-0.15, -0.1) is 0 Å². The lowest BCUT2D eigenvalue weighted by atomic mass is 10.2. The first kappa shape index (κ1) is 27.1. The number of nitrogens with zero attached hydrogens (tertiary/aromatic N) is 7. The van der Waals surface area contributed by atoms with Crippen LogP contribution < -0.4 is 26.4 Å². The Morgan fingerprint density at radius 3 is 2.75 bits per heavy atom. The van der Waals surface area contributed by atoms with Gasteiger partial charge in [0.15, 0.2) is 11.4 Å². The zero-order chi connectivity index (χ0) is 28.1. The third-order valence-corrected chi connectivity index (χ3v) is 6.63. The van der Waals surface area contributed by atoms with Crippen LogP contribution in [0.15, 0.2) is 47.1 Å². The molecule has 0 aliphatic carbocycles. The third kappa shape index (κ3) is 6.58. The van der Waals surface area contributed by atoms with E-state index in [0.717, 1.165) is 19.6 Å². The van der Waals surface area contributed by atoms with E-state index in [0.29, 0.717) is 67.3 Å². The number of hydrogen-bond donors (Lipinski definition) is 3. The molecule has 0 bridgehead atoms. The van der Waals surface area contributed by atoms with Gasteiger partial charge >= 0.3 is 0 Å². The van der Waals surface area contributed by atoms with Gasteiger partial charge in [0.1, 0.15) is 23.9 Å². The van der Waals surface area contributed by atoms with Crippen molar-refractivity contribution in [2.45, 2.75) is 0 Å². The van der Waals surface area contributed by atoms with E-state index in [2.05, 4.69) is 25.3 Å². The van der Waals surface area contributed by atoms with Crippen molar-refractivity contribution in [3.05, 3.63) is 48.5 Å². The van der Waals surface area contributed by atoms with Gasteiger partial charge in [0.2, 0.25) is 17.8 Å². The molecule has 0 radical (unpaired) electrons. The standard InChI is InChI=1S/C26H33FN10O3/c1-34(17-23(28)38)12-14-39-18-4-5-21(19(27)15-18)36-10-8-35(9-11-36)7-6-30-26-31-24-16-20(22-3-2-13-40-22)33-37(24)25(29)32-26/h2-5,13,15-16H,6-12,14,17H2,1H3,(H2,28,38)(H3,29,30,31,32). The van der Waals surface area contributed by atoms with Gasteiger partial charge in [0.25, 0.3) is 0 Å². The van der Waals surface area contributed by atoms with Crippen molar-refractivity contribution in [3.8, 4) is 17.2 Å². The number of amides is 1. The quantitative estimate of drug-likeness (QED) is 0.232. The summed E-state index contributed by atoms with van der Waals surface area (Å²) in [4.78, 5) is 25.9. The number of halogens is 1. The van der Waals surface area contributed by atoms with Crippen LogP contribution in [0.3, 0.4) is 0 Å². The third-order valence-electron chi connectivity index (χ3n) is 6.63. The van der Waals surface area contributed by atoms with E-state index >= 15 is 0 Å². The predicted molar refractivity (Wildman–Crippen MR) is 149 cm³/mol. The fourth-order valence-electron chi connectivity index (χ4n) is 4.57. The number of fused-ring (bicyclic) bond motifs is 1. The van der Waals surface area contributed by atoms with Crippen LogP contribution in [0.4, 0.5) is 22.0 Å². The van der Waals surface area contributed by atoms with Gasteiger partial charge in [0.05, 0.1) is 18.5 Å². The summed E-state index contributed by atoms with van der Waals surface area (Å²) in [5.74, 6) is 1.02. The molecule has 4 aromatic rings. The van der Waals surface area contributed by atoms with Gasteiger partial charge < -0.3 is 30.8 Å². The van der Waals surface area contributed by atoms with E-state index < -0.39 is 5.91 Å². The number of furan rings is 1. The zero-order valence-corrected chi connectivity index (χ0v) is 22.3. The van der Waals surface area contributed by atoms with Crippen LogP contribution in [-0.4, -0.2) is 101 Å². The average Bonchev–Trinajstić information content (AvgIpc) is 3.60. The average molecular weight is 553 g/mol. The minimum absolute atomic E-state index is 0.149. The first-order valence-corrected chi connectivity index (χ1v) is 13.0. The van der Waals surface area contributed by atoms with Gasteiger partial charge in [-0.3, -0.25) is 14.6 Å². The summed E-state index contributed by atoms with van der Waals surface area (Å²) in [6, 6.07) is 10.3. The molecular formula is C26H33FN10O3. The van der Waals surface area contributed by atoms with Crippen LogP contribution in [-0.2, 0) is 4.79 Å². The first-order valence-electron chi connectivity index (χ1n) is 13.0. The Bertz CT molecular complexity index is 1440. The lowest BCUT2D eigenvalue weighted by Crippen LogP contribution is -2.48. The SMILES string of the molecule is CN(CCOc1ccc(N2CCN(CCNc3nc(N)n4nc(-c5ccco5)cc4n3)CC2)c(F)c1)CC(N)=O. The minimum atomic E-state index is -0.401. The summed E-state index contributed by atoms with van der Waals surface area (Å²) < 4.78 is 27.4.